The van der Waals surface area contributed by atoms with E-state index in [0.717, 1.165) is 13.2 Å². The van der Waals surface area contributed by atoms with Gasteiger partial charge in [-0.1, -0.05) is 24.3 Å². The molecule has 2 aliphatic heterocycles. The van der Waals surface area contributed by atoms with Crippen molar-refractivity contribution in [2.75, 3.05) is 13.2 Å². The van der Waals surface area contributed by atoms with Crippen LogP contribution in [0.3, 0.4) is 0 Å². The summed E-state index contributed by atoms with van der Waals surface area (Å²) in [6, 6.07) is 13.3. The smallest absolute Gasteiger partial charge is 0.107 e. The molecule has 2 aliphatic rings. The molecule has 4 heteroatoms. The van der Waals surface area contributed by atoms with Crippen LogP contribution in [0.2, 0.25) is 0 Å². The van der Waals surface area contributed by atoms with Gasteiger partial charge in [0.05, 0.1) is 13.2 Å². The Morgan fingerprint density at radius 2 is 1.09 bits per heavy atom. The van der Waals surface area contributed by atoms with Crippen molar-refractivity contribution in [3.05, 3.63) is 58.3 Å². The third-order valence-corrected chi connectivity index (χ3v) is 6.12. The third kappa shape index (κ3) is 2.23. The SMILES string of the molecule is c1cc(C2CO2)c(-c2ccc(-c3sccc3C3CO3)cc2)s1. The first kappa shape index (κ1) is 13.0. The van der Waals surface area contributed by atoms with Crippen LogP contribution >= 0.6 is 22.7 Å². The molecule has 2 unspecified atom stereocenters. The highest BCUT2D eigenvalue weighted by atomic mass is 32.1. The maximum atomic E-state index is 5.44. The van der Waals surface area contributed by atoms with E-state index < -0.39 is 0 Å². The Labute approximate surface area is 137 Å². The Morgan fingerprint density at radius 3 is 1.45 bits per heavy atom. The molecule has 5 rings (SSSR count). The fourth-order valence-electron chi connectivity index (χ4n) is 2.84. The van der Waals surface area contributed by atoms with Crippen LogP contribution in [0.1, 0.15) is 23.3 Å². The van der Waals surface area contributed by atoms with Crippen molar-refractivity contribution in [2.24, 2.45) is 0 Å². The summed E-state index contributed by atoms with van der Waals surface area (Å²) in [6.07, 6.45) is 0.633. The molecule has 2 saturated heterocycles. The van der Waals surface area contributed by atoms with Gasteiger partial charge in [0.25, 0.3) is 0 Å². The first-order valence-corrected chi connectivity index (χ1v) is 9.15. The van der Waals surface area contributed by atoms with Crippen molar-refractivity contribution in [3.63, 3.8) is 0 Å². The van der Waals surface area contributed by atoms with E-state index in [1.807, 2.05) is 0 Å². The van der Waals surface area contributed by atoms with Gasteiger partial charge >= 0.3 is 0 Å². The average Bonchev–Trinajstić information content (AvgIpc) is 3.49. The molecule has 2 fully saturated rings. The molecule has 3 aromatic rings. The zero-order valence-corrected chi connectivity index (χ0v) is 13.5. The monoisotopic (exact) mass is 326 g/mol. The molecule has 0 bridgehead atoms. The van der Waals surface area contributed by atoms with E-state index in [1.165, 1.54) is 32.0 Å². The van der Waals surface area contributed by atoms with E-state index in [-0.39, 0.29) is 0 Å². The minimum absolute atomic E-state index is 0.317. The summed E-state index contributed by atoms with van der Waals surface area (Å²) >= 11 is 3.59. The van der Waals surface area contributed by atoms with Crippen LogP contribution in [0.5, 0.6) is 0 Å². The van der Waals surface area contributed by atoms with Crippen LogP contribution < -0.4 is 0 Å². The summed E-state index contributed by atoms with van der Waals surface area (Å²) in [5, 5.41) is 4.31. The molecule has 2 nitrogen and oxygen atoms in total. The summed E-state index contributed by atoms with van der Waals surface area (Å²) in [7, 11) is 0. The second-order valence-corrected chi connectivity index (χ2v) is 7.46. The van der Waals surface area contributed by atoms with Gasteiger partial charge in [-0.05, 0) is 34.0 Å². The van der Waals surface area contributed by atoms with Gasteiger partial charge in [-0.25, -0.2) is 0 Å². The molecule has 2 atom stereocenters. The molecule has 0 radical (unpaired) electrons. The Bertz CT molecular complexity index is 738. The molecule has 0 saturated carbocycles. The Kier molecular flexibility index (Phi) is 2.98. The maximum absolute atomic E-state index is 5.44. The number of epoxide rings is 2. The van der Waals surface area contributed by atoms with E-state index in [1.54, 1.807) is 22.7 Å². The average molecular weight is 326 g/mol. The Balaban J connectivity index is 1.50. The van der Waals surface area contributed by atoms with Crippen molar-refractivity contribution in [1.29, 1.82) is 0 Å². The van der Waals surface area contributed by atoms with E-state index >= 15 is 0 Å². The van der Waals surface area contributed by atoms with Gasteiger partial charge in [0.2, 0.25) is 0 Å². The zero-order valence-electron chi connectivity index (χ0n) is 11.8. The standard InChI is InChI=1S/C18H14O2S2/c1-2-12(18-14(6-8-22-18)16-10-20-16)4-3-11(1)17-13(5-7-21-17)15-9-19-15/h1-8,15-16H,9-10H2. The van der Waals surface area contributed by atoms with Crippen LogP contribution in [-0.2, 0) is 9.47 Å². The number of rotatable bonds is 4. The molecule has 0 N–H and O–H groups in total. The number of ether oxygens (including phenoxy) is 2. The van der Waals surface area contributed by atoms with Crippen LogP contribution in [-0.4, -0.2) is 13.2 Å². The Hall–Kier alpha value is -1.46. The second-order valence-electron chi connectivity index (χ2n) is 5.63. The Morgan fingerprint density at radius 1 is 0.682 bits per heavy atom. The normalized spacial score (nSPS) is 22.7. The zero-order chi connectivity index (χ0) is 14.5. The highest BCUT2D eigenvalue weighted by molar-refractivity contribution is 7.14. The van der Waals surface area contributed by atoms with Gasteiger partial charge in [-0.2, -0.15) is 0 Å². The molecule has 1 aromatic carbocycles. The maximum Gasteiger partial charge on any atom is 0.107 e. The quantitative estimate of drug-likeness (QED) is 0.609. The van der Waals surface area contributed by atoms with Crippen LogP contribution in [0.25, 0.3) is 20.9 Å². The van der Waals surface area contributed by atoms with Crippen LogP contribution in [0.4, 0.5) is 0 Å². The van der Waals surface area contributed by atoms with Crippen molar-refractivity contribution in [2.45, 2.75) is 12.2 Å². The fourth-order valence-corrected chi connectivity index (χ4v) is 4.76. The lowest BCUT2D eigenvalue weighted by Crippen LogP contribution is -1.84. The molecule has 0 aliphatic carbocycles. The van der Waals surface area contributed by atoms with Crippen molar-refractivity contribution < 1.29 is 9.47 Å². The number of hydrogen-bond acceptors (Lipinski definition) is 4. The summed E-state index contributed by atoms with van der Waals surface area (Å²) in [4.78, 5) is 2.68. The number of benzene rings is 1. The number of thiophene rings is 2. The van der Waals surface area contributed by atoms with Gasteiger partial charge in [0.15, 0.2) is 0 Å². The van der Waals surface area contributed by atoms with Crippen molar-refractivity contribution in [1.82, 2.24) is 0 Å². The highest BCUT2D eigenvalue weighted by Crippen LogP contribution is 2.43. The van der Waals surface area contributed by atoms with E-state index in [9.17, 15) is 0 Å². The van der Waals surface area contributed by atoms with Gasteiger partial charge < -0.3 is 9.47 Å². The highest BCUT2D eigenvalue weighted by Gasteiger charge is 2.29. The van der Waals surface area contributed by atoms with Gasteiger partial charge in [-0.3, -0.25) is 0 Å². The summed E-state index contributed by atoms with van der Waals surface area (Å²) in [5.74, 6) is 0. The fraction of sp³-hybridized carbons (Fsp3) is 0.222. The first-order chi connectivity index (χ1) is 10.9. The lowest BCUT2D eigenvalue weighted by atomic mass is 10.0. The topological polar surface area (TPSA) is 25.1 Å². The molecule has 4 heterocycles. The molecule has 22 heavy (non-hydrogen) atoms. The summed E-state index contributed by atoms with van der Waals surface area (Å²) in [6.45, 7) is 1.73. The van der Waals surface area contributed by atoms with Gasteiger partial charge in [0.1, 0.15) is 12.2 Å². The van der Waals surface area contributed by atoms with Gasteiger partial charge in [-0.15, -0.1) is 22.7 Å². The minimum atomic E-state index is 0.317. The third-order valence-electron chi connectivity index (χ3n) is 4.16. The lowest BCUT2D eigenvalue weighted by molar-refractivity contribution is 0.416. The van der Waals surface area contributed by atoms with Crippen LogP contribution in [0.15, 0.2) is 47.2 Å². The molecular weight excluding hydrogens is 312 g/mol. The minimum Gasteiger partial charge on any atom is -0.368 e. The van der Waals surface area contributed by atoms with E-state index in [2.05, 4.69) is 47.2 Å². The van der Waals surface area contributed by atoms with E-state index in [0.29, 0.717) is 12.2 Å². The molecule has 0 spiro atoms. The first-order valence-electron chi connectivity index (χ1n) is 7.39. The summed E-state index contributed by atoms with van der Waals surface area (Å²) < 4.78 is 10.9. The number of hydrogen-bond donors (Lipinski definition) is 0. The van der Waals surface area contributed by atoms with E-state index in [4.69, 9.17) is 9.47 Å². The van der Waals surface area contributed by atoms with Crippen molar-refractivity contribution >= 4 is 22.7 Å². The van der Waals surface area contributed by atoms with Crippen molar-refractivity contribution in [3.8, 4) is 20.9 Å². The predicted octanol–water partition coefficient (Wildman–Crippen LogP) is 5.29. The molecule has 0 amide bonds. The molecule has 2 aromatic heterocycles. The molecular formula is C18H14O2S2. The molecule has 110 valence electrons. The predicted molar refractivity (Wildman–Crippen MR) is 90.5 cm³/mol. The van der Waals surface area contributed by atoms with Gasteiger partial charge in [0, 0.05) is 20.9 Å². The second kappa shape index (κ2) is 5.03. The summed E-state index contributed by atoms with van der Waals surface area (Å²) in [5.41, 5.74) is 5.23. The van der Waals surface area contributed by atoms with Crippen LogP contribution in [0, 0.1) is 0 Å². The largest absolute Gasteiger partial charge is 0.368 e. The lowest BCUT2D eigenvalue weighted by Gasteiger charge is -2.05.